The van der Waals surface area contributed by atoms with Crippen LogP contribution in [0.15, 0.2) is 42.5 Å². The van der Waals surface area contributed by atoms with Gasteiger partial charge >= 0.3 is 0 Å². The summed E-state index contributed by atoms with van der Waals surface area (Å²) in [5.41, 5.74) is 1.98. The summed E-state index contributed by atoms with van der Waals surface area (Å²) in [7, 11) is 5.06. The molecule has 0 saturated carbocycles. The van der Waals surface area contributed by atoms with Crippen LogP contribution < -0.4 is 14.8 Å². The molecule has 0 radical (unpaired) electrons. The molecule has 146 valence electrons. The molecule has 2 aromatic carbocycles. The predicted molar refractivity (Wildman–Crippen MR) is 109 cm³/mol. The molecule has 2 aromatic rings. The van der Waals surface area contributed by atoms with Crippen molar-refractivity contribution in [1.82, 2.24) is 10.2 Å². The molecule has 0 fully saturated rings. The van der Waals surface area contributed by atoms with Crippen molar-refractivity contribution >= 4 is 17.5 Å². The molecule has 1 N–H and O–H groups in total. The Morgan fingerprint density at radius 2 is 1.78 bits per heavy atom. The van der Waals surface area contributed by atoms with Crippen LogP contribution in [0.25, 0.3) is 0 Å². The minimum atomic E-state index is -0.0711. The standard InChI is InChI=1S/C21H27ClN2O3/c1-14(19-12-18(26-4)10-11-20(19)27-5)23-13-21(25)24(3)15(2)16-6-8-17(22)9-7-16/h6-12,14-15,23H,13H2,1-5H3. The lowest BCUT2D eigenvalue weighted by atomic mass is 10.1. The second-order valence-corrected chi connectivity index (χ2v) is 6.88. The van der Waals surface area contributed by atoms with E-state index in [0.29, 0.717) is 5.02 Å². The highest BCUT2D eigenvalue weighted by Gasteiger charge is 2.19. The molecule has 0 aromatic heterocycles. The molecule has 0 heterocycles. The zero-order valence-corrected chi connectivity index (χ0v) is 17.2. The van der Waals surface area contributed by atoms with Gasteiger partial charge in [-0.1, -0.05) is 23.7 Å². The zero-order valence-electron chi connectivity index (χ0n) is 16.5. The number of hydrogen-bond donors (Lipinski definition) is 1. The van der Waals surface area contributed by atoms with E-state index in [1.165, 1.54) is 0 Å². The van der Waals surface area contributed by atoms with Gasteiger partial charge in [0.1, 0.15) is 11.5 Å². The van der Waals surface area contributed by atoms with Crippen LogP contribution in [-0.2, 0) is 4.79 Å². The molecule has 2 rings (SSSR count). The number of halogens is 1. The number of nitrogens with one attached hydrogen (secondary N) is 1. The number of ether oxygens (including phenoxy) is 2. The Labute approximate surface area is 166 Å². The Balaban J connectivity index is 2.00. The maximum atomic E-state index is 12.6. The highest BCUT2D eigenvalue weighted by molar-refractivity contribution is 6.30. The van der Waals surface area contributed by atoms with Crippen LogP contribution >= 0.6 is 11.6 Å². The fourth-order valence-electron chi connectivity index (χ4n) is 2.83. The number of nitrogens with zero attached hydrogens (tertiary/aromatic N) is 1. The van der Waals surface area contributed by atoms with Gasteiger partial charge in [-0.3, -0.25) is 4.79 Å². The van der Waals surface area contributed by atoms with Crippen LogP contribution in [0.1, 0.15) is 37.1 Å². The number of likely N-dealkylation sites (N-methyl/N-ethyl adjacent to an activating group) is 1. The fourth-order valence-corrected chi connectivity index (χ4v) is 2.96. The van der Waals surface area contributed by atoms with E-state index >= 15 is 0 Å². The van der Waals surface area contributed by atoms with Gasteiger partial charge in [-0.25, -0.2) is 0 Å². The van der Waals surface area contributed by atoms with Gasteiger partial charge in [0.2, 0.25) is 5.91 Å². The first-order valence-corrected chi connectivity index (χ1v) is 9.21. The number of amides is 1. The summed E-state index contributed by atoms with van der Waals surface area (Å²) in [6, 6.07) is 13.1. The molecule has 0 bridgehead atoms. The third kappa shape index (κ3) is 5.37. The summed E-state index contributed by atoms with van der Waals surface area (Å²) in [5.74, 6) is 1.51. The van der Waals surface area contributed by atoms with Crippen LogP contribution in [-0.4, -0.2) is 38.6 Å². The summed E-state index contributed by atoms with van der Waals surface area (Å²) >= 11 is 5.94. The van der Waals surface area contributed by atoms with Gasteiger partial charge in [0.15, 0.2) is 0 Å². The highest BCUT2D eigenvalue weighted by atomic mass is 35.5. The number of carbonyl (C=O) groups is 1. The first-order valence-electron chi connectivity index (χ1n) is 8.83. The van der Waals surface area contributed by atoms with E-state index < -0.39 is 0 Å². The summed E-state index contributed by atoms with van der Waals surface area (Å²) in [6.45, 7) is 4.21. The van der Waals surface area contributed by atoms with Crippen molar-refractivity contribution < 1.29 is 14.3 Å². The SMILES string of the molecule is COc1ccc(OC)c(C(C)NCC(=O)N(C)C(C)c2ccc(Cl)cc2)c1. The Bertz CT molecular complexity index is 765. The molecule has 0 spiro atoms. The molecule has 0 aliphatic carbocycles. The van der Waals surface area contributed by atoms with Crippen molar-refractivity contribution in [3.63, 3.8) is 0 Å². The lowest BCUT2D eigenvalue weighted by Crippen LogP contribution is -2.38. The largest absolute Gasteiger partial charge is 0.497 e. The van der Waals surface area contributed by atoms with Crippen LogP contribution in [0.2, 0.25) is 5.02 Å². The molecular formula is C21H27ClN2O3. The average molecular weight is 391 g/mol. The summed E-state index contributed by atoms with van der Waals surface area (Å²) in [6.07, 6.45) is 0. The molecule has 2 atom stereocenters. The smallest absolute Gasteiger partial charge is 0.236 e. The van der Waals surface area contributed by atoms with Crippen LogP contribution in [0, 0.1) is 0 Å². The predicted octanol–water partition coefficient (Wildman–Crippen LogP) is 4.23. The summed E-state index contributed by atoms with van der Waals surface area (Å²) in [5, 5.41) is 3.96. The molecule has 0 saturated heterocycles. The van der Waals surface area contributed by atoms with E-state index in [1.807, 2.05) is 56.3 Å². The Hall–Kier alpha value is -2.24. The van der Waals surface area contributed by atoms with Gasteiger partial charge in [-0.05, 0) is 49.7 Å². The maximum absolute atomic E-state index is 12.6. The molecule has 5 nitrogen and oxygen atoms in total. The van der Waals surface area contributed by atoms with Gasteiger partial charge in [-0.2, -0.15) is 0 Å². The lowest BCUT2D eigenvalue weighted by molar-refractivity contribution is -0.131. The Morgan fingerprint density at radius 3 is 2.37 bits per heavy atom. The normalized spacial score (nSPS) is 13.0. The number of methoxy groups -OCH3 is 2. The van der Waals surface area contributed by atoms with Crippen molar-refractivity contribution in [3.05, 3.63) is 58.6 Å². The van der Waals surface area contributed by atoms with Gasteiger partial charge < -0.3 is 19.7 Å². The zero-order chi connectivity index (χ0) is 20.0. The van der Waals surface area contributed by atoms with Crippen LogP contribution in [0.5, 0.6) is 11.5 Å². The first kappa shape index (κ1) is 21.1. The second kappa shape index (κ2) is 9.62. The van der Waals surface area contributed by atoms with Crippen molar-refractivity contribution in [3.8, 4) is 11.5 Å². The topological polar surface area (TPSA) is 50.8 Å². The first-order chi connectivity index (χ1) is 12.9. The molecule has 6 heteroatoms. The number of hydrogen-bond acceptors (Lipinski definition) is 4. The van der Waals surface area contributed by atoms with Crippen LogP contribution in [0.4, 0.5) is 0 Å². The van der Waals surface area contributed by atoms with E-state index in [2.05, 4.69) is 5.32 Å². The fraction of sp³-hybridized carbons (Fsp3) is 0.381. The number of rotatable bonds is 8. The number of benzene rings is 2. The molecular weight excluding hydrogens is 364 g/mol. The van der Waals surface area contributed by atoms with Crippen molar-refractivity contribution in [1.29, 1.82) is 0 Å². The van der Waals surface area contributed by atoms with Gasteiger partial charge in [0, 0.05) is 23.7 Å². The minimum absolute atomic E-state index is 0.00571. The third-order valence-corrected chi connectivity index (χ3v) is 5.04. The monoisotopic (exact) mass is 390 g/mol. The quantitative estimate of drug-likeness (QED) is 0.732. The highest BCUT2D eigenvalue weighted by Crippen LogP contribution is 2.29. The van der Waals surface area contributed by atoms with Crippen molar-refractivity contribution in [2.24, 2.45) is 0 Å². The van der Waals surface area contributed by atoms with Crippen LogP contribution in [0.3, 0.4) is 0 Å². The maximum Gasteiger partial charge on any atom is 0.236 e. The molecule has 1 amide bonds. The van der Waals surface area contributed by atoms with E-state index in [1.54, 1.807) is 26.2 Å². The van der Waals surface area contributed by atoms with E-state index in [-0.39, 0.29) is 24.5 Å². The average Bonchev–Trinajstić information content (AvgIpc) is 2.70. The van der Waals surface area contributed by atoms with Gasteiger partial charge in [0.25, 0.3) is 0 Å². The van der Waals surface area contributed by atoms with E-state index in [4.69, 9.17) is 21.1 Å². The van der Waals surface area contributed by atoms with E-state index in [0.717, 1.165) is 22.6 Å². The lowest BCUT2D eigenvalue weighted by Gasteiger charge is -2.26. The molecule has 0 aliphatic heterocycles. The third-order valence-electron chi connectivity index (χ3n) is 4.79. The summed E-state index contributed by atoms with van der Waals surface area (Å²) < 4.78 is 10.7. The van der Waals surface area contributed by atoms with Gasteiger partial charge in [0.05, 0.1) is 26.8 Å². The minimum Gasteiger partial charge on any atom is -0.497 e. The second-order valence-electron chi connectivity index (χ2n) is 6.44. The van der Waals surface area contributed by atoms with Crippen molar-refractivity contribution in [2.45, 2.75) is 25.9 Å². The summed E-state index contributed by atoms with van der Waals surface area (Å²) in [4.78, 5) is 14.3. The molecule has 2 unspecified atom stereocenters. The molecule has 0 aliphatic rings. The van der Waals surface area contributed by atoms with E-state index in [9.17, 15) is 4.79 Å². The Morgan fingerprint density at radius 1 is 1.11 bits per heavy atom. The van der Waals surface area contributed by atoms with Gasteiger partial charge in [-0.15, -0.1) is 0 Å². The van der Waals surface area contributed by atoms with Crippen molar-refractivity contribution in [2.75, 3.05) is 27.8 Å². The Kier molecular flexibility index (Phi) is 7.51. The number of carbonyl (C=O) groups excluding carboxylic acids is 1. The molecule has 27 heavy (non-hydrogen) atoms.